The van der Waals surface area contributed by atoms with Crippen LogP contribution in [0.4, 0.5) is 0 Å². The Balaban J connectivity index is 2.83. The molecule has 1 aromatic heterocycles. The van der Waals surface area contributed by atoms with Crippen LogP contribution >= 0.6 is 0 Å². The van der Waals surface area contributed by atoms with E-state index in [1.165, 1.54) is 0 Å². The van der Waals surface area contributed by atoms with Gasteiger partial charge in [0.15, 0.2) is 0 Å². The monoisotopic (exact) mass is 105 g/mol. The molecule has 0 N–H and O–H groups in total. The average Bonchev–Trinajstić information content (AvgIpc) is 1.90. The van der Waals surface area contributed by atoms with E-state index in [9.17, 15) is 0 Å². The lowest BCUT2D eigenvalue weighted by molar-refractivity contribution is 1.23. The predicted octanol–water partition coefficient (Wildman–Crippen LogP) is -0.146. The Labute approximate surface area is 49.2 Å². The van der Waals surface area contributed by atoms with Crippen molar-refractivity contribution in [2.75, 3.05) is 0 Å². The van der Waals surface area contributed by atoms with E-state index in [1.54, 1.807) is 18.5 Å². The molecule has 0 unspecified atom stereocenters. The first-order valence-electron chi connectivity index (χ1n) is 2.50. The maximum atomic E-state index is 3.93. The van der Waals surface area contributed by atoms with E-state index in [1.807, 2.05) is 14.1 Å². The fraction of sp³-hybridized carbons (Fsp3) is 0.200. The van der Waals surface area contributed by atoms with Crippen molar-refractivity contribution in [3.8, 4) is 0 Å². The highest BCUT2D eigenvalue weighted by Gasteiger charge is 1.85. The van der Waals surface area contributed by atoms with Crippen LogP contribution in [0.15, 0.2) is 18.5 Å². The van der Waals surface area contributed by atoms with E-state index in [4.69, 9.17) is 0 Å². The average molecular weight is 105 g/mol. The smallest absolute Gasteiger partial charge is 0.201 e. The Bertz CT molecular complexity index is 152. The largest absolute Gasteiger partial charge is 0.253 e. The molecule has 39 valence electrons. The van der Waals surface area contributed by atoms with Gasteiger partial charge >= 0.3 is 0 Å². The highest BCUT2D eigenvalue weighted by molar-refractivity contribution is 6.49. The molecular formula is C5H6BN2. The van der Waals surface area contributed by atoms with Crippen molar-refractivity contribution < 1.29 is 0 Å². The van der Waals surface area contributed by atoms with Crippen LogP contribution in [0, 0.1) is 0 Å². The Morgan fingerprint density at radius 3 is 2.38 bits per heavy atom. The van der Waals surface area contributed by atoms with Gasteiger partial charge < -0.3 is 0 Å². The first kappa shape index (κ1) is 5.28. The van der Waals surface area contributed by atoms with Crippen LogP contribution in [0.25, 0.3) is 0 Å². The normalized spacial score (nSPS) is 8.62. The molecule has 0 atom stereocenters. The molecule has 8 heavy (non-hydrogen) atoms. The zero-order valence-corrected chi connectivity index (χ0v) is 4.70. The van der Waals surface area contributed by atoms with Crippen LogP contribution in [0.5, 0.6) is 0 Å². The van der Waals surface area contributed by atoms with Crippen LogP contribution in [-0.4, -0.2) is 17.2 Å². The summed E-state index contributed by atoms with van der Waals surface area (Å²) in [5.41, 5.74) is 0.785. The zero-order valence-electron chi connectivity index (χ0n) is 4.70. The van der Waals surface area contributed by atoms with Gasteiger partial charge in [0, 0.05) is 12.4 Å². The molecule has 0 aromatic carbocycles. The maximum Gasteiger partial charge on any atom is 0.201 e. The van der Waals surface area contributed by atoms with Crippen LogP contribution in [0.1, 0.15) is 0 Å². The van der Waals surface area contributed by atoms with Crippen LogP contribution < -0.4 is 5.72 Å². The molecule has 0 fully saturated rings. The van der Waals surface area contributed by atoms with Gasteiger partial charge in [0.2, 0.25) is 7.28 Å². The third kappa shape index (κ3) is 1.06. The lowest BCUT2D eigenvalue weighted by Crippen LogP contribution is -2.17. The molecule has 1 aromatic rings. The summed E-state index contributed by atoms with van der Waals surface area (Å²) in [5, 5.41) is 0. The molecule has 0 saturated heterocycles. The second kappa shape index (κ2) is 2.45. The molecule has 0 amide bonds. The third-order valence-electron chi connectivity index (χ3n) is 0.844. The van der Waals surface area contributed by atoms with Crippen molar-refractivity contribution >= 4 is 13.0 Å². The van der Waals surface area contributed by atoms with Gasteiger partial charge in [-0.3, -0.25) is 9.97 Å². The number of aromatic nitrogens is 2. The third-order valence-corrected chi connectivity index (χ3v) is 0.844. The lowest BCUT2D eigenvalue weighted by Gasteiger charge is -1.86. The molecule has 1 radical (unpaired) electrons. The SMILES string of the molecule is C[B]c1ncccn1. The first-order valence-corrected chi connectivity index (χ1v) is 2.50. The summed E-state index contributed by atoms with van der Waals surface area (Å²) in [4.78, 5) is 7.86. The van der Waals surface area contributed by atoms with Gasteiger partial charge in [-0.05, 0) is 6.07 Å². The van der Waals surface area contributed by atoms with Crippen molar-refractivity contribution in [3.63, 3.8) is 0 Å². The summed E-state index contributed by atoms with van der Waals surface area (Å²) in [6, 6.07) is 1.80. The molecule has 0 aliphatic rings. The minimum absolute atomic E-state index is 0.785. The number of nitrogens with zero attached hydrogens (tertiary/aromatic N) is 2. The Kier molecular flexibility index (Phi) is 1.62. The van der Waals surface area contributed by atoms with Crippen LogP contribution in [0.3, 0.4) is 0 Å². The summed E-state index contributed by atoms with van der Waals surface area (Å²) in [6.07, 6.45) is 3.45. The minimum Gasteiger partial charge on any atom is -0.253 e. The van der Waals surface area contributed by atoms with Crippen LogP contribution in [0.2, 0.25) is 6.82 Å². The molecule has 0 aliphatic heterocycles. The second-order valence-corrected chi connectivity index (χ2v) is 1.40. The fourth-order valence-electron chi connectivity index (χ4n) is 0.460. The Hall–Kier alpha value is -0.855. The van der Waals surface area contributed by atoms with E-state index in [-0.39, 0.29) is 0 Å². The summed E-state index contributed by atoms with van der Waals surface area (Å²) >= 11 is 0. The molecule has 1 rings (SSSR count). The Morgan fingerprint density at radius 2 is 2.00 bits per heavy atom. The number of hydrogen-bond acceptors (Lipinski definition) is 2. The molecule has 3 heteroatoms. The Morgan fingerprint density at radius 1 is 1.38 bits per heavy atom. The van der Waals surface area contributed by atoms with Gasteiger partial charge in [-0.25, -0.2) is 0 Å². The van der Waals surface area contributed by atoms with Crippen molar-refractivity contribution in [1.82, 2.24) is 9.97 Å². The van der Waals surface area contributed by atoms with Gasteiger partial charge in [-0.15, -0.1) is 0 Å². The van der Waals surface area contributed by atoms with E-state index in [0.29, 0.717) is 0 Å². The van der Waals surface area contributed by atoms with E-state index in [2.05, 4.69) is 9.97 Å². The molecular weight excluding hydrogens is 98.9 g/mol. The number of hydrogen-bond donors (Lipinski definition) is 0. The quantitative estimate of drug-likeness (QED) is 0.464. The molecule has 0 aliphatic carbocycles. The van der Waals surface area contributed by atoms with Crippen molar-refractivity contribution in [1.29, 1.82) is 0 Å². The van der Waals surface area contributed by atoms with Gasteiger partial charge in [-0.2, -0.15) is 0 Å². The summed E-state index contributed by atoms with van der Waals surface area (Å²) < 4.78 is 0. The standard InChI is InChI=1S/C5H6BN2/c1-6-5-7-3-2-4-8-5/h2-4H,1H3. The van der Waals surface area contributed by atoms with Gasteiger partial charge in [0.05, 0.1) is 5.72 Å². The molecule has 2 nitrogen and oxygen atoms in total. The highest BCUT2D eigenvalue weighted by Crippen LogP contribution is 1.67. The van der Waals surface area contributed by atoms with E-state index in [0.717, 1.165) is 5.72 Å². The molecule has 0 spiro atoms. The van der Waals surface area contributed by atoms with Crippen LogP contribution in [-0.2, 0) is 0 Å². The molecule has 0 bridgehead atoms. The summed E-state index contributed by atoms with van der Waals surface area (Å²) in [7, 11) is 1.86. The minimum atomic E-state index is 0.785. The first-order chi connectivity index (χ1) is 3.93. The van der Waals surface area contributed by atoms with Crippen molar-refractivity contribution in [2.24, 2.45) is 0 Å². The van der Waals surface area contributed by atoms with Crippen molar-refractivity contribution in [2.45, 2.75) is 6.82 Å². The predicted molar refractivity (Wildman–Crippen MR) is 33.3 cm³/mol. The highest BCUT2D eigenvalue weighted by atomic mass is 14.8. The molecule has 0 saturated carbocycles. The zero-order chi connectivity index (χ0) is 5.82. The summed E-state index contributed by atoms with van der Waals surface area (Å²) in [5.74, 6) is 0. The van der Waals surface area contributed by atoms with Gasteiger partial charge in [0.25, 0.3) is 0 Å². The second-order valence-electron chi connectivity index (χ2n) is 1.40. The number of rotatable bonds is 1. The maximum absolute atomic E-state index is 3.93. The fourth-order valence-corrected chi connectivity index (χ4v) is 0.460. The molecule has 1 heterocycles. The van der Waals surface area contributed by atoms with E-state index >= 15 is 0 Å². The van der Waals surface area contributed by atoms with E-state index < -0.39 is 0 Å². The van der Waals surface area contributed by atoms with Gasteiger partial charge in [0.1, 0.15) is 0 Å². The topological polar surface area (TPSA) is 25.8 Å². The van der Waals surface area contributed by atoms with Crippen molar-refractivity contribution in [3.05, 3.63) is 18.5 Å². The lowest BCUT2D eigenvalue weighted by atomic mass is 9.81. The van der Waals surface area contributed by atoms with Gasteiger partial charge in [-0.1, -0.05) is 6.82 Å². The summed E-state index contributed by atoms with van der Waals surface area (Å²) in [6.45, 7) is 1.91.